The second kappa shape index (κ2) is 7.14. The summed E-state index contributed by atoms with van der Waals surface area (Å²) in [5.74, 6) is 0. The molecule has 5 heteroatoms. The molecule has 1 fully saturated rings. The molecule has 0 spiro atoms. The molecule has 0 saturated carbocycles. The molecule has 1 aromatic rings. The highest BCUT2D eigenvalue weighted by Gasteiger charge is 2.19. The highest BCUT2D eigenvalue weighted by Crippen LogP contribution is 2.09. The molecule has 1 saturated heterocycles. The van der Waals surface area contributed by atoms with Gasteiger partial charge in [0.25, 0.3) is 0 Å². The molecular weight excluding hydrogens is 252 g/mol. The highest BCUT2D eigenvalue weighted by molar-refractivity contribution is 5.76. The SMILES string of the molecule is CCCN(CCN1CCNC1=O)Cc1ccc(N)cc1. The largest absolute Gasteiger partial charge is 0.399 e. The number of carbonyl (C=O) groups is 1. The number of anilines is 1. The van der Waals surface area contributed by atoms with Crippen LogP contribution in [0.3, 0.4) is 0 Å². The third-order valence-electron chi connectivity index (χ3n) is 3.56. The number of rotatable bonds is 7. The van der Waals surface area contributed by atoms with Crippen LogP contribution in [-0.2, 0) is 6.54 Å². The Labute approximate surface area is 120 Å². The van der Waals surface area contributed by atoms with E-state index in [1.54, 1.807) is 0 Å². The molecule has 0 aliphatic carbocycles. The van der Waals surface area contributed by atoms with Crippen molar-refractivity contribution in [1.82, 2.24) is 15.1 Å². The summed E-state index contributed by atoms with van der Waals surface area (Å²) in [6, 6.07) is 8.08. The van der Waals surface area contributed by atoms with E-state index < -0.39 is 0 Å². The van der Waals surface area contributed by atoms with Gasteiger partial charge in [0, 0.05) is 38.4 Å². The minimum Gasteiger partial charge on any atom is -0.399 e. The van der Waals surface area contributed by atoms with Crippen molar-refractivity contribution in [1.29, 1.82) is 0 Å². The van der Waals surface area contributed by atoms with E-state index in [4.69, 9.17) is 5.73 Å². The Morgan fingerprint density at radius 1 is 1.30 bits per heavy atom. The van der Waals surface area contributed by atoms with Gasteiger partial charge in [-0.1, -0.05) is 19.1 Å². The lowest BCUT2D eigenvalue weighted by atomic mass is 10.2. The van der Waals surface area contributed by atoms with Crippen LogP contribution in [0.1, 0.15) is 18.9 Å². The van der Waals surface area contributed by atoms with Crippen LogP contribution in [0.5, 0.6) is 0 Å². The lowest BCUT2D eigenvalue weighted by Gasteiger charge is -2.24. The third-order valence-corrected chi connectivity index (χ3v) is 3.56. The molecular formula is C15H24N4O. The summed E-state index contributed by atoms with van der Waals surface area (Å²) >= 11 is 0. The summed E-state index contributed by atoms with van der Waals surface area (Å²) in [5.41, 5.74) is 7.77. The molecule has 20 heavy (non-hydrogen) atoms. The van der Waals surface area contributed by atoms with Gasteiger partial charge in [-0.25, -0.2) is 4.79 Å². The van der Waals surface area contributed by atoms with Gasteiger partial charge in [0.15, 0.2) is 0 Å². The Hall–Kier alpha value is -1.75. The number of nitrogen functional groups attached to an aromatic ring is 1. The number of carbonyl (C=O) groups excluding carboxylic acids is 1. The van der Waals surface area contributed by atoms with Crippen LogP contribution in [-0.4, -0.2) is 48.6 Å². The smallest absolute Gasteiger partial charge is 0.317 e. The highest BCUT2D eigenvalue weighted by atomic mass is 16.2. The van der Waals surface area contributed by atoms with Crippen LogP contribution in [0.4, 0.5) is 10.5 Å². The minimum absolute atomic E-state index is 0.0638. The zero-order chi connectivity index (χ0) is 14.4. The first-order valence-electron chi connectivity index (χ1n) is 7.28. The van der Waals surface area contributed by atoms with E-state index in [0.717, 1.165) is 51.4 Å². The van der Waals surface area contributed by atoms with Gasteiger partial charge >= 0.3 is 6.03 Å². The second-order valence-electron chi connectivity index (χ2n) is 5.24. The Balaban J connectivity index is 1.86. The van der Waals surface area contributed by atoms with E-state index in [2.05, 4.69) is 29.3 Å². The Morgan fingerprint density at radius 2 is 2.05 bits per heavy atom. The average Bonchev–Trinajstić information content (AvgIpc) is 2.84. The van der Waals surface area contributed by atoms with Crippen molar-refractivity contribution in [2.75, 3.05) is 38.5 Å². The van der Waals surface area contributed by atoms with Crippen LogP contribution in [0.15, 0.2) is 24.3 Å². The van der Waals surface area contributed by atoms with Gasteiger partial charge in [-0.05, 0) is 30.7 Å². The summed E-state index contributed by atoms with van der Waals surface area (Å²) in [5, 5.41) is 2.84. The molecule has 1 heterocycles. The van der Waals surface area contributed by atoms with E-state index in [9.17, 15) is 4.79 Å². The van der Waals surface area contributed by atoms with Crippen molar-refractivity contribution in [2.45, 2.75) is 19.9 Å². The molecule has 1 aliphatic rings. The maximum absolute atomic E-state index is 11.5. The normalized spacial score (nSPS) is 14.9. The molecule has 5 nitrogen and oxygen atoms in total. The van der Waals surface area contributed by atoms with E-state index in [0.29, 0.717) is 0 Å². The third kappa shape index (κ3) is 4.13. The van der Waals surface area contributed by atoms with Gasteiger partial charge in [-0.2, -0.15) is 0 Å². The fourth-order valence-corrected chi connectivity index (χ4v) is 2.45. The van der Waals surface area contributed by atoms with Crippen molar-refractivity contribution in [2.24, 2.45) is 0 Å². The standard InChI is InChI=1S/C15H24N4O/c1-2-8-18(10-11-19-9-7-17-15(19)20)12-13-3-5-14(16)6-4-13/h3-6H,2,7-12,16H2,1H3,(H,17,20). The molecule has 2 amide bonds. The zero-order valence-corrected chi connectivity index (χ0v) is 12.1. The Morgan fingerprint density at radius 3 is 2.65 bits per heavy atom. The molecule has 0 radical (unpaired) electrons. The fraction of sp³-hybridized carbons (Fsp3) is 0.533. The number of hydrogen-bond donors (Lipinski definition) is 2. The maximum atomic E-state index is 11.5. The number of hydrogen-bond acceptors (Lipinski definition) is 3. The van der Waals surface area contributed by atoms with E-state index in [-0.39, 0.29) is 6.03 Å². The second-order valence-corrected chi connectivity index (χ2v) is 5.24. The summed E-state index contributed by atoms with van der Waals surface area (Å²) < 4.78 is 0. The number of nitrogens with one attached hydrogen (secondary N) is 1. The molecule has 0 bridgehead atoms. The first kappa shape index (κ1) is 14.7. The summed E-state index contributed by atoms with van der Waals surface area (Å²) in [4.78, 5) is 15.8. The predicted molar refractivity (Wildman–Crippen MR) is 81.4 cm³/mol. The molecule has 3 N–H and O–H groups in total. The number of benzene rings is 1. The number of nitrogens with zero attached hydrogens (tertiary/aromatic N) is 2. The molecule has 0 unspecified atom stereocenters. The van der Waals surface area contributed by atoms with Gasteiger partial charge in [-0.3, -0.25) is 4.90 Å². The Bertz CT molecular complexity index is 432. The molecule has 0 aromatic heterocycles. The molecule has 110 valence electrons. The molecule has 1 aromatic carbocycles. The number of nitrogens with two attached hydrogens (primary N) is 1. The number of amides is 2. The van der Waals surface area contributed by atoms with Crippen LogP contribution >= 0.6 is 0 Å². The van der Waals surface area contributed by atoms with Crippen LogP contribution < -0.4 is 11.1 Å². The van der Waals surface area contributed by atoms with Crippen molar-refractivity contribution in [3.05, 3.63) is 29.8 Å². The van der Waals surface area contributed by atoms with Crippen molar-refractivity contribution in [3.63, 3.8) is 0 Å². The predicted octanol–water partition coefficient (Wildman–Crippen LogP) is 1.51. The van der Waals surface area contributed by atoms with Gasteiger partial charge in [0.05, 0.1) is 0 Å². The van der Waals surface area contributed by atoms with Gasteiger partial charge in [0.1, 0.15) is 0 Å². The summed E-state index contributed by atoms with van der Waals surface area (Å²) in [6.45, 7) is 7.42. The first-order valence-corrected chi connectivity index (χ1v) is 7.28. The fourth-order valence-electron chi connectivity index (χ4n) is 2.45. The zero-order valence-electron chi connectivity index (χ0n) is 12.1. The van der Waals surface area contributed by atoms with Crippen LogP contribution in [0.25, 0.3) is 0 Å². The topological polar surface area (TPSA) is 61.6 Å². The van der Waals surface area contributed by atoms with Crippen molar-refractivity contribution >= 4 is 11.7 Å². The molecule has 1 aliphatic heterocycles. The average molecular weight is 276 g/mol. The quantitative estimate of drug-likeness (QED) is 0.742. The van der Waals surface area contributed by atoms with E-state index >= 15 is 0 Å². The lowest BCUT2D eigenvalue weighted by Crippen LogP contribution is -2.37. The lowest BCUT2D eigenvalue weighted by molar-refractivity contribution is 0.198. The van der Waals surface area contributed by atoms with Crippen LogP contribution in [0.2, 0.25) is 0 Å². The van der Waals surface area contributed by atoms with Crippen molar-refractivity contribution < 1.29 is 4.79 Å². The van der Waals surface area contributed by atoms with Gasteiger partial charge < -0.3 is 16.0 Å². The van der Waals surface area contributed by atoms with E-state index in [1.165, 1.54) is 5.56 Å². The molecule has 0 atom stereocenters. The monoisotopic (exact) mass is 276 g/mol. The van der Waals surface area contributed by atoms with Gasteiger partial charge in [-0.15, -0.1) is 0 Å². The maximum Gasteiger partial charge on any atom is 0.317 e. The van der Waals surface area contributed by atoms with Crippen molar-refractivity contribution in [3.8, 4) is 0 Å². The first-order chi connectivity index (χ1) is 9.69. The van der Waals surface area contributed by atoms with Gasteiger partial charge in [0.2, 0.25) is 0 Å². The minimum atomic E-state index is 0.0638. The number of urea groups is 1. The summed E-state index contributed by atoms with van der Waals surface area (Å²) in [6.07, 6.45) is 1.11. The summed E-state index contributed by atoms with van der Waals surface area (Å²) in [7, 11) is 0. The molecule has 2 rings (SSSR count). The Kier molecular flexibility index (Phi) is 5.24. The van der Waals surface area contributed by atoms with Crippen LogP contribution in [0, 0.1) is 0 Å². The van der Waals surface area contributed by atoms with E-state index in [1.807, 2.05) is 17.0 Å².